The van der Waals surface area contributed by atoms with E-state index in [1.165, 1.54) is 0 Å². The minimum absolute atomic E-state index is 0.187. The average molecular weight is 280 g/mol. The largest absolute Gasteiger partial charge is 0.416 e. The molecule has 0 saturated carbocycles. The van der Waals surface area contributed by atoms with E-state index in [0.29, 0.717) is 5.56 Å². The van der Waals surface area contributed by atoms with Crippen LogP contribution in [0.4, 0.5) is 18.9 Å². The second kappa shape index (κ2) is 5.34. The number of halogens is 3. The SMILES string of the molecule is NN(C(=O)c1ccccc1)c1ccc(C(F)(F)F)cc1. The number of alkyl halides is 3. The summed E-state index contributed by atoms with van der Waals surface area (Å²) in [7, 11) is 0. The lowest BCUT2D eigenvalue weighted by Crippen LogP contribution is -2.37. The Hall–Kier alpha value is -2.34. The van der Waals surface area contributed by atoms with Crippen molar-refractivity contribution in [3.8, 4) is 0 Å². The Bertz CT molecular complexity index is 594. The van der Waals surface area contributed by atoms with E-state index in [9.17, 15) is 18.0 Å². The molecule has 0 bridgehead atoms. The van der Waals surface area contributed by atoms with E-state index in [-0.39, 0.29) is 5.69 Å². The molecule has 1 amide bonds. The third-order valence-corrected chi connectivity index (χ3v) is 2.71. The van der Waals surface area contributed by atoms with E-state index < -0.39 is 17.6 Å². The molecule has 2 aromatic rings. The normalized spacial score (nSPS) is 11.2. The predicted molar refractivity (Wildman–Crippen MR) is 68.9 cm³/mol. The summed E-state index contributed by atoms with van der Waals surface area (Å²) >= 11 is 0. The summed E-state index contributed by atoms with van der Waals surface area (Å²) in [6, 6.07) is 12.3. The molecule has 0 atom stereocenters. The molecular formula is C14H11F3N2O. The van der Waals surface area contributed by atoms with Crippen molar-refractivity contribution in [2.75, 3.05) is 5.01 Å². The molecule has 0 fully saturated rings. The van der Waals surface area contributed by atoms with Crippen LogP contribution in [0.1, 0.15) is 15.9 Å². The minimum Gasteiger partial charge on any atom is -0.267 e. The molecule has 0 radical (unpaired) electrons. The second-order valence-corrected chi connectivity index (χ2v) is 4.09. The van der Waals surface area contributed by atoms with Crippen LogP contribution in [0.25, 0.3) is 0 Å². The summed E-state index contributed by atoms with van der Waals surface area (Å²) in [6.45, 7) is 0. The third-order valence-electron chi connectivity index (χ3n) is 2.71. The van der Waals surface area contributed by atoms with Crippen molar-refractivity contribution in [1.82, 2.24) is 0 Å². The Balaban J connectivity index is 2.22. The Labute approximate surface area is 113 Å². The number of rotatable bonds is 2. The monoisotopic (exact) mass is 280 g/mol. The minimum atomic E-state index is -4.42. The number of carbonyl (C=O) groups excluding carboxylic acids is 1. The number of carbonyl (C=O) groups is 1. The predicted octanol–water partition coefficient (Wildman–Crippen LogP) is 3.23. The molecular weight excluding hydrogens is 269 g/mol. The molecule has 0 aliphatic heterocycles. The highest BCUT2D eigenvalue weighted by molar-refractivity contribution is 6.05. The van der Waals surface area contributed by atoms with Gasteiger partial charge < -0.3 is 0 Å². The molecule has 0 spiro atoms. The lowest BCUT2D eigenvalue weighted by molar-refractivity contribution is -0.137. The van der Waals surface area contributed by atoms with Crippen LogP contribution in [0.3, 0.4) is 0 Å². The number of anilines is 1. The molecule has 0 aliphatic rings. The fraction of sp³-hybridized carbons (Fsp3) is 0.0714. The number of amides is 1. The van der Waals surface area contributed by atoms with Crippen LogP contribution in [0.5, 0.6) is 0 Å². The lowest BCUT2D eigenvalue weighted by atomic mass is 10.1. The van der Waals surface area contributed by atoms with Crippen molar-refractivity contribution in [3.63, 3.8) is 0 Å². The molecule has 0 heterocycles. The topological polar surface area (TPSA) is 46.3 Å². The second-order valence-electron chi connectivity index (χ2n) is 4.09. The van der Waals surface area contributed by atoms with E-state index in [2.05, 4.69) is 0 Å². The third kappa shape index (κ3) is 2.97. The van der Waals surface area contributed by atoms with Crippen molar-refractivity contribution in [3.05, 3.63) is 65.7 Å². The van der Waals surface area contributed by atoms with E-state index in [4.69, 9.17) is 5.84 Å². The van der Waals surface area contributed by atoms with Crippen LogP contribution in [-0.2, 0) is 6.18 Å². The van der Waals surface area contributed by atoms with Gasteiger partial charge in [-0.1, -0.05) is 18.2 Å². The van der Waals surface area contributed by atoms with Crippen molar-refractivity contribution in [2.45, 2.75) is 6.18 Å². The first-order valence-electron chi connectivity index (χ1n) is 5.71. The molecule has 2 aromatic carbocycles. The van der Waals surface area contributed by atoms with Crippen LogP contribution in [0.15, 0.2) is 54.6 Å². The fourth-order valence-corrected chi connectivity index (χ4v) is 1.65. The summed E-state index contributed by atoms with van der Waals surface area (Å²) in [5, 5.41) is 0.815. The van der Waals surface area contributed by atoms with Crippen molar-refractivity contribution < 1.29 is 18.0 Å². The van der Waals surface area contributed by atoms with Gasteiger partial charge in [-0.25, -0.2) is 10.9 Å². The number of nitrogens with zero attached hydrogens (tertiary/aromatic N) is 1. The number of hydrogen-bond donors (Lipinski definition) is 1. The first kappa shape index (κ1) is 14.1. The smallest absolute Gasteiger partial charge is 0.267 e. The quantitative estimate of drug-likeness (QED) is 0.521. The molecule has 0 unspecified atom stereocenters. The van der Waals surface area contributed by atoms with Gasteiger partial charge in [-0.05, 0) is 36.4 Å². The molecule has 3 nitrogen and oxygen atoms in total. The lowest BCUT2D eigenvalue weighted by Gasteiger charge is -2.17. The average Bonchev–Trinajstić information content (AvgIpc) is 2.46. The van der Waals surface area contributed by atoms with E-state index in [1.807, 2.05) is 0 Å². The molecule has 6 heteroatoms. The van der Waals surface area contributed by atoms with Gasteiger partial charge in [-0.15, -0.1) is 0 Å². The highest BCUT2D eigenvalue weighted by atomic mass is 19.4. The zero-order chi connectivity index (χ0) is 14.8. The Morgan fingerprint density at radius 3 is 2.00 bits per heavy atom. The van der Waals surface area contributed by atoms with E-state index >= 15 is 0 Å². The van der Waals surface area contributed by atoms with Gasteiger partial charge in [0.2, 0.25) is 0 Å². The maximum Gasteiger partial charge on any atom is 0.416 e. The molecule has 104 valence electrons. The maximum atomic E-state index is 12.4. The molecule has 0 saturated heterocycles. The zero-order valence-electron chi connectivity index (χ0n) is 10.3. The summed E-state index contributed by atoms with van der Waals surface area (Å²) in [6.07, 6.45) is -4.42. The first-order chi connectivity index (χ1) is 9.39. The standard InChI is InChI=1S/C14H11F3N2O/c15-14(16,17)11-6-8-12(9-7-11)19(18)13(20)10-4-2-1-3-5-10/h1-9H,18H2. The highest BCUT2D eigenvalue weighted by Gasteiger charge is 2.30. The number of benzene rings is 2. The van der Waals surface area contributed by atoms with E-state index in [1.54, 1.807) is 30.3 Å². The molecule has 2 rings (SSSR count). The van der Waals surface area contributed by atoms with Crippen LogP contribution in [0.2, 0.25) is 0 Å². The Morgan fingerprint density at radius 2 is 1.50 bits per heavy atom. The van der Waals surface area contributed by atoms with Crippen molar-refractivity contribution in [2.24, 2.45) is 5.84 Å². The summed E-state index contributed by atoms with van der Waals surface area (Å²) < 4.78 is 37.3. The Kier molecular flexibility index (Phi) is 3.76. The summed E-state index contributed by atoms with van der Waals surface area (Å²) in [4.78, 5) is 12.0. The first-order valence-corrected chi connectivity index (χ1v) is 5.71. The van der Waals surface area contributed by atoms with Crippen molar-refractivity contribution in [1.29, 1.82) is 0 Å². The molecule has 20 heavy (non-hydrogen) atoms. The van der Waals surface area contributed by atoms with Crippen LogP contribution in [-0.4, -0.2) is 5.91 Å². The molecule has 0 aliphatic carbocycles. The fourth-order valence-electron chi connectivity index (χ4n) is 1.65. The van der Waals surface area contributed by atoms with Crippen LogP contribution < -0.4 is 10.9 Å². The van der Waals surface area contributed by atoms with Crippen LogP contribution in [0, 0.1) is 0 Å². The maximum absolute atomic E-state index is 12.4. The van der Waals surface area contributed by atoms with Crippen LogP contribution >= 0.6 is 0 Å². The summed E-state index contributed by atoms with van der Waals surface area (Å²) in [5.41, 5.74) is -0.247. The van der Waals surface area contributed by atoms with Gasteiger partial charge >= 0.3 is 6.18 Å². The van der Waals surface area contributed by atoms with Gasteiger partial charge in [-0.2, -0.15) is 13.2 Å². The zero-order valence-corrected chi connectivity index (χ0v) is 10.3. The highest BCUT2D eigenvalue weighted by Crippen LogP contribution is 2.30. The number of nitrogens with two attached hydrogens (primary N) is 1. The molecule has 2 N–H and O–H groups in total. The van der Waals surface area contributed by atoms with Gasteiger partial charge in [0.1, 0.15) is 0 Å². The van der Waals surface area contributed by atoms with Gasteiger partial charge in [-0.3, -0.25) is 4.79 Å². The summed E-state index contributed by atoms with van der Waals surface area (Å²) in [5.74, 6) is 5.14. The van der Waals surface area contributed by atoms with E-state index in [0.717, 1.165) is 29.3 Å². The Morgan fingerprint density at radius 1 is 0.950 bits per heavy atom. The number of hydrazine groups is 1. The van der Waals surface area contributed by atoms with Gasteiger partial charge in [0.25, 0.3) is 5.91 Å². The molecule has 0 aromatic heterocycles. The van der Waals surface area contributed by atoms with Gasteiger partial charge in [0, 0.05) is 5.56 Å². The van der Waals surface area contributed by atoms with Gasteiger partial charge in [0.15, 0.2) is 0 Å². The van der Waals surface area contributed by atoms with Gasteiger partial charge in [0.05, 0.1) is 11.3 Å². The van der Waals surface area contributed by atoms with Crippen molar-refractivity contribution >= 4 is 11.6 Å². The number of hydrogen-bond acceptors (Lipinski definition) is 2.